The highest BCUT2D eigenvalue weighted by Gasteiger charge is 2.37. The first-order valence-electron chi connectivity index (χ1n) is 7.24. The van der Waals surface area contributed by atoms with Gasteiger partial charge in [0.25, 0.3) is 0 Å². The molecule has 1 heterocycles. The number of nitrogens with zero attached hydrogens (tertiary/aromatic N) is 1. The molecule has 0 fully saturated rings. The maximum Gasteiger partial charge on any atom is 0.161 e. The number of ketones is 1. The Morgan fingerprint density at radius 3 is 2.83 bits per heavy atom. The van der Waals surface area contributed by atoms with Crippen molar-refractivity contribution in [3.8, 4) is 6.07 Å². The van der Waals surface area contributed by atoms with E-state index in [9.17, 15) is 10.1 Å². The molecule has 118 valence electrons. The molecule has 6 heteroatoms. The van der Waals surface area contributed by atoms with Crippen molar-refractivity contribution < 1.29 is 4.79 Å². The van der Waals surface area contributed by atoms with Crippen LogP contribution in [0.5, 0.6) is 0 Å². The number of carbonyl (C=O) groups excluding carboxylic acids is 1. The molecule has 0 radical (unpaired) electrons. The standard InChI is InChI=1S/C17H14Cl2N2OS/c1-23-17-10(8-20)14(9-4-2-5-11(18)16(9)19)15-12(21-17)6-3-7-13(15)22/h2,4-5,14,21H,3,6-7H2,1H3. The third-order valence-electron chi connectivity index (χ3n) is 4.16. The molecule has 1 aromatic carbocycles. The first-order chi connectivity index (χ1) is 11.1. The van der Waals surface area contributed by atoms with Crippen molar-refractivity contribution in [2.45, 2.75) is 25.2 Å². The zero-order chi connectivity index (χ0) is 16.6. The van der Waals surface area contributed by atoms with Gasteiger partial charge in [-0.3, -0.25) is 4.79 Å². The van der Waals surface area contributed by atoms with Crippen molar-refractivity contribution in [1.82, 2.24) is 5.32 Å². The number of hydrogen-bond donors (Lipinski definition) is 1. The lowest BCUT2D eigenvalue weighted by atomic mass is 9.77. The number of benzene rings is 1. The molecule has 1 unspecified atom stereocenters. The molecule has 23 heavy (non-hydrogen) atoms. The predicted octanol–water partition coefficient (Wildman–Crippen LogP) is 4.79. The summed E-state index contributed by atoms with van der Waals surface area (Å²) in [5, 5.41) is 14.6. The van der Waals surface area contributed by atoms with Crippen LogP contribution < -0.4 is 5.32 Å². The molecule has 0 bridgehead atoms. The van der Waals surface area contributed by atoms with Crippen molar-refractivity contribution in [2.24, 2.45) is 0 Å². The SMILES string of the molecule is CSC1=C(C#N)C(c2cccc(Cl)c2Cl)C2=C(CCCC2=O)N1. The number of nitriles is 1. The molecule has 0 saturated carbocycles. The number of hydrogen-bond acceptors (Lipinski definition) is 4. The normalized spacial score (nSPS) is 21.0. The van der Waals surface area contributed by atoms with Crippen LogP contribution in [0, 0.1) is 11.3 Å². The molecule has 3 rings (SSSR count). The van der Waals surface area contributed by atoms with Crippen LogP contribution in [-0.4, -0.2) is 12.0 Å². The Morgan fingerprint density at radius 2 is 2.13 bits per heavy atom. The molecule has 1 N–H and O–H groups in total. The average Bonchev–Trinajstić information content (AvgIpc) is 2.56. The van der Waals surface area contributed by atoms with E-state index in [0.717, 1.165) is 23.6 Å². The van der Waals surface area contributed by atoms with E-state index in [-0.39, 0.29) is 5.78 Å². The maximum absolute atomic E-state index is 12.6. The highest BCUT2D eigenvalue weighted by molar-refractivity contribution is 8.02. The Hall–Kier alpha value is -1.41. The van der Waals surface area contributed by atoms with Gasteiger partial charge in [0.05, 0.1) is 32.6 Å². The highest BCUT2D eigenvalue weighted by atomic mass is 35.5. The van der Waals surface area contributed by atoms with Crippen LogP contribution in [0.2, 0.25) is 10.0 Å². The summed E-state index contributed by atoms with van der Waals surface area (Å²) < 4.78 is 0. The lowest BCUT2D eigenvalue weighted by Gasteiger charge is -2.33. The fourth-order valence-corrected chi connectivity index (χ4v) is 4.16. The average molecular weight is 365 g/mol. The molecular weight excluding hydrogens is 351 g/mol. The number of thioether (sulfide) groups is 1. The molecule has 0 spiro atoms. The Morgan fingerprint density at radius 1 is 1.35 bits per heavy atom. The van der Waals surface area contributed by atoms with Gasteiger partial charge in [0.2, 0.25) is 0 Å². The van der Waals surface area contributed by atoms with E-state index in [0.29, 0.717) is 33.2 Å². The van der Waals surface area contributed by atoms with Crippen LogP contribution in [-0.2, 0) is 4.79 Å². The summed E-state index contributed by atoms with van der Waals surface area (Å²) >= 11 is 14.0. The minimum Gasteiger partial charge on any atom is -0.352 e. The van der Waals surface area contributed by atoms with Crippen molar-refractivity contribution in [2.75, 3.05) is 6.26 Å². The second-order valence-corrected chi connectivity index (χ2v) is 7.03. The van der Waals surface area contributed by atoms with E-state index < -0.39 is 5.92 Å². The van der Waals surface area contributed by atoms with Crippen molar-refractivity contribution in [3.63, 3.8) is 0 Å². The summed E-state index contributed by atoms with van der Waals surface area (Å²) in [6.07, 6.45) is 4.04. The monoisotopic (exact) mass is 364 g/mol. The number of carbonyl (C=O) groups is 1. The summed E-state index contributed by atoms with van der Waals surface area (Å²) in [5.41, 5.74) is 2.81. The van der Waals surface area contributed by atoms with Gasteiger partial charge in [-0.15, -0.1) is 11.8 Å². The fraction of sp³-hybridized carbons (Fsp3) is 0.294. The zero-order valence-corrected chi connectivity index (χ0v) is 14.8. The minimum atomic E-state index is -0.447. The minimum absolute atomic E-state index is 0.0766. The molecule has 0 aromatic heterocycles. The van der Waals surface area contributed by atoms with Crippen molar-refractivity contribution in [3.05, 3.63) is 55.7 Å². The van der Waals surface area contributed by atoms with E-state index >= 15 is 0 Å². The van der Waals surface area contributed by atoms with Gasteiger partial charge in [-0.1, -0.05) is 35.3 Å². The molecule has 1 aliphatic heterocycles. The first-order valence-corrected chi connectivity index (χ1v) is 9.22. The molecule has 3 nitrogen and oxygen atoms in total. The van der Waals surface area contributed by atoms with E-state index in [4.69, 9.17) is 23.2 Å². The number of rotatable bonds is 2. The zero-order valence-electron chi connectivity index (χ0n) is 12.5. The number of Topliss-reactive ketones (excluding diaryl/α,β-unsaturated/α-hetero) is 1. The Labute approximate surface area is 149 Å². The number of dihydropyridines is 1. The second kappa shape index (κ2) is 6.60. The van der Waals surface area contributed by atoms with Gasteiger partial charge in [0, 0.05) is 17.7 Å². The number of nitrogens with one attached hydrogen (secondary N) is 1. The molecule has 2 aliphatic rings. The van der Waals surface area contributed by atoms with E-state index in [1.165, 1.54) is 11.8 Å². The van der Waals surface area contributed by atoms with Crippen LogP contribution in [0.25, 0.3) is 0 Å². The fourth-order valence-electron chi connectivity index (χ4n) is 3.14. The summed E-state index contributed by atoms with van der Waals surface area (Å²) in [6.45, 7) is 0. The molecule has 1 aromatic rings. The lowest BCUT2D eigenvalue weighted by molar-refractivity contribution is -0.116. The maximum atomic E-state index is 12.6. The molecule has 0 amide bonds. The van der Waals surface area contributed by atoms with Gasteiger partial charge >= 0.3 is 0 Å². The summed E-state index contributed by atoms with van der Waals surface area (Å²) in [6, 6.07) is 7.61. The van der Waals surface area contributed by atoms with Gasteiger partial charge in [-0.25, -0.2) is 0 Å². The topological polar surface area (TPSA) is 52.9 Å². The largest absolute Gasteiger partial charge is 0.352 e. The lowest BCUT2D eigenvalue weighted by Crippen LogP contribution is -2.31. The smallest absolute Gasteiger partial charge is 0.161 e. The molecule has 1 atom stereocenters. The van der Waals surface area contributed by atoms with Gasteiger partial charge in [-0.05, 0) is 30.7 Å². The molecular formula is C17H14Cl2N2OS. The van der Waals surface area contributed by atoms with Crippen molar-refractivity contribution >= 4 is 40.7 Å². The van der Waals surface area contributed by atoms with Gasteiger partial charge in [0.15, 0.2) is 5.78 Å². The predicted molar refractivity (Wildman–Crippen MR) is 94.4 cm³/mol. The van der Waals surface area contributed by atoms with Crippen LogP contribution in [0.15, 0.2) is 40.1 Å². The van der Waals surface area contributed by atoms with Gasteiger partial charge in [-0.2, -0.15) is 5.26 Å². The Balaban J connectivity index is 2.26. The number of halogens is 2. The third-order valence-corrected chi connectivity index (χ3v) is 5.72. The van der Waals surface area contributed by atoms with Crippen LogP contribution >= 0.6 is 35.0 Å². The molecule has 1 aliphatic carbocycles. The second-order valence-electron chi connectivity index (χ2n) is 5.43. The van der Waals surface area contributed by atoms with E-state index in [2.05, 4.69) is 11.4 Å². The van der Waals surface area contributed by atoms with Gasteiger partial charge < -0.3 is 5.32 Å². The van der Waals surface area contributed by atoms with Crippen molar-refractivity contribution in [1.29, 1.82) is 5.26 Å². The highest BCUT2D eigenvalue weighted by Crippen LogP contribution is 2.46. The quantitative estimate of drug-likeness (QED) is 0.819. The third kappa shape index (κ3) is 2.78. The summed E-state index contributed by atoms with van der Waals surface area (Å²) in [7, 11) is 0. The Bertz CT molecular complexity index is 792. The Kier molecular flexibility index (Phi) is 4.72. The first kappa shape index (κ1) is 16.4. The summed E-state index contributed by atoms with van der Waals surface area (Å²) in [5.74, 6) is -0.370. The summed E-state index contributed by atoms with van der Waals surface area (Å²) in [4.78, 5) is 12.6. The van der Waals surface area contributed by atoms with Crippen LogP contribution in [0.1, 0.15) is 30.7 Å². The van der Waals surface area contributed by atoms with Gasteiger partial charge in [0.1, 0.15) is 0 Å². The molecule has 0 saturated heterocycles. The van der Waals surface area contributed by atoms with Crippen LogP contribution in [0.4, 0.5) is 0 Å². The van der Waals surface area contributed by atoms with E-state index in [1.807, 2.05) is 12.3 Å². The number of allylic oxidation sites excluding steroid dienone is 3. The van der Waals surface area contributed by atoms with E-state index in [1.54, 1.807) is 12.1 Å². The van der Waals surface area contributed by atoms with Crippen LogP contribution in [0.3, 0.4) is 0 Å².